The molecule has 1 aromatic carbocycles. The Balaban J connectivity index is 1.67. The van der Waals surface area contributed by atoms with E-state index in [9.17, 15) is 14.4 Å². The number of carbonyl (C=O) groups excluding carboxylic acids is 3. The lowest BCUT2D eigenvalue weighted by Crippen LogP contribution is -2.45. The fraction of sp³-hybridized carbons (Fsp3) is 0.250. The molecule has 0 saturated heterocycles. The van der Waals surface area contributed by atoms with Gasteiger partial charge in [0.2, 0.25) is 0 Å². The summed E-state index contributed by atoms with van der Waals surface area (Å²) in [6, 6.07) is 6.46. The van der Waals surface area contributed by atoms with Crippen LogP contribution in [0.15, 0.2) is 24.3 Å². The van der Waals surface area contributed by atoms with Crippen molar-refractivity contribution in [3.05, 3.63) is 44.9 Å². The molecule has 2 N–H and O–H groups in total. The van der Waals surface area contributed by atoms with E-state index in [2.05, 4.69) is 15.8 Å². The number of carbonyl (C=O) groups is 3. The van der Waals surface area contributed by atoms with Crippen LogP contribution in [0.5, 0.6) is 5.75 Å². The molecule has 0 bridgehead atoms. The quantitative estimate of drug-likeness (QED) is 0.568. The molecule has 8 nitrogen and oxygen atoms in total. The average molecular weight is 398 g/mol. The molecule has 0 aliphatic carbocycles. The largest absolute Gasteiger partial charge is 0.484 e. The third-order valence-corrected chi connectivity index (χ3v) is 4.25. The summed E-state index contributed by atoms with van der Waals surface area (Å²) in [4.78, 5) is 39.5. The summed E-state index contributed by atoms with van der Waals surface area (Å²) in [7, 11) is 0. The van der Waals surface area contributed by atoms with Crippen LogP contribution >= 0.6 is 22.9 Å². The van der Waals surface area contributed by atoms with E-state index in [0.717, 1.165) is 5.01 Å². The Morgan fingerprint density at radius 2 is 1.69 bits per heavy atom. The van der Waals surface area contributed by atoms with Gasteiger partial charge in [-0.15, -0.1) is 11.3 Å². The summed E-state index contributed by atoms with van der Waals surface area (Å²) < 4.78 is 10.1. The minimum absolute atomic E-state index is 0.305. The van der Waals surface area contributed by atoms with Crippen molar-refractivity contribution in [2.45, 2.75) is 13.8 Å². The van der Waals surface area contributed by atoms with Crippen LogP contribution < -0.4 is 15.6 Å². The second-order valence-electron chi connectivity index (χ2n) is 5.06. The van der Waals surface area contributed by atoms with Crippen molar-refractivity contribution in [3.63, 3.8) is 0 Å². The predicted molar refractivity (Wildman–Crippen MR) is 95.1 cm³/mol. The lowest BCUT2D eigenvalue weighted by Gasteiger charge is -2.09. The van der Waals surface area contributed by atoms with Crippen molar-refractivity contribution in [2.75, 3.05) is 13.2 Å². The molecule has 26 heavy (non-hydrogen) atoms. The highest BCUT2D eigenvalue weighted by atomic mass is 35.5. The Labute approximate surface area is 158 Å². The smallest absolute Gasteiger partial charge is 0.350 e. The molecule has 0 spiro atoms. The highest BCUT2D eigenvalue weighted by Crippen LogP contribution is 2.18. The number of nitrogens with one attached hydrogen (secondary N) is 2. The van der Waals surface area contributed by atoms with Crippen LogP contribution in [0.25, 0.3) is 0 Å². The summed E-state index contributed by atoms with van der Waals surface area (Å²) in [5, 5.41) is 1.28. The van der Waals surface area contributed by atoms with E-state index >= 15 is 0 Å². The first-order valence-corrected chi connectivity index (χ1v) is 8.62. The second kappa shape index (κ2) is 9.16. The Hall–Kier alpha value is -2.65. The van der Waals surface area contributed by atoms with Gasteiger partial charge in [0.15, 0.2) is 13.2 Å². The monoisotopic (exact) mass is 397 g/mol. The molecule has 10 heteroatoms. The zero-order chi connectivity index (χ0) is 19.1. The molecule has 2 aromatic rings. The number of hydrogen-bond donors (Lipinski definition) is 2. The third kappa shape index (κ3) is 6.01. The Bertz CT molecular complexity index is 807. The fourth-order valence-electron chi connectivity index (χ4n) is 1.81. The van der Waals surface area contributed by atoms with Gasteiger partial charge in [-0.3, -0.25) is 20.4 Å². The van der Waals surface area contributed by atoms with Crippen molar-refractivity contribution >= 4 is 40.7 Å². The maximum absolute atomic E-state index is 11.9. The zero-order valence-corrected chi connectivity index (χ0v) is 15.6. The summed E-state index contributed by atoms with van der Waals surface area (Å²) in [6.45, 7) is 2.61. The van der Waals surface area contributed by atoms with Crippen LogP contribution in [-0.4, -0.2) is 36.0 Å². The van der Waals surface area contributed by atoms with E-state index in [-0.39, 0.29) is 6.61 Å². The third-order valence-electron chi connectivity index (χ3n) is 2.95. The second-order valence-corrected chi connectivity index (χ2v) is 6.70. The molecule has 0 fully saturated rings. The molecule has 1 aromatic heterocycles. The van der Waals surface area contributed by atoms with Crippen molar-refractivity contribution in [3.8, 4) is 5.75 Å². The summed E-state index contributed by atoms with van der Waals surface area (Å²) in [6.07, 6.45) is 0. The fourth-order valence-corrected chi connectivity index (χ4v) is 2.75. The van der Waals surface area contributed by atoms with E-state index in [1.807, 2.05) is 0 Å². The minimum Gasteiger partial charge on any atom is -0.484 e. The number of benzene rings is 1. The highest BCUT2D eigenvalue weighted by Gasteiger charge is 2.16. The number of ether oxygens (including phenoxy) is 2. The van der Waals surface area contributed by atoms with Crippen LogP contribution in [-0.2, 0) is 14.3 Å². The number of aryl methyl sites for hydroxylation is 2. The zero-order valence-electron chi connectivity index (χ0n) is 14.0. The maximum Gasteiger partial charge on any atom is 0.350 e. The Morgan fingerprint density at radius 1 is 1.08 bits per heavy atom. The van der Waals surface area contributed by atoms with E-state index in [0.29, 0.717) is 21.3 Å². The van der Waals surface area contributed by atoms with Crippen LogP contribution in [0.1, 0.15) is 20.4 Å². The molecule has 0 radical (unpaired) electrons. The molecule has 1 heterocycles. The van der Waals surface area contributed by atoms with Crippen molar-refractivity contribution in [2.24, 2.45) is 0 Å². The number of rotatable bonds is 6. The normalized spacial score (nSPS) is 10.1. The van der Waals surface area contributed by atoms with Crippen LogP contribution in [0.3, 0.4) is 0 Å². The number of hydrazine groups is 1. The molecule has 138 valence electrons. The van der Waals surface area contributed by atoms with Crippen molar-refractivity contribution < 1.29 is 23.9 Å². The summed E-state index contributed by atoms with van der Waals surface area (Å²) >= 11 is 6.92. The first kappa shape index (κ1) is 19.7. The first-order chi connectivity index (χ1) is 12.3. The minimum atomic E-state index is -0.683. The highest BCUT2D eigenvalue weighted by molar-refractivity contribution is 7.13. The summed E-state index contributed by atoms with van der Waals surface area (Å²) in [5.41, 5.74) is 4.82. The van der Waals surface area contributed by atoms with Gasteiger partial charge in [0.05, 0.1) is 10.7 Å². The lowest BCUT2D eigenvalue weighted by molar-refractivity contribution is -0.131. The van der Waals surface area contributed by atoms with Crippen molar-refractivity contribution in [1.29, 1.82) is 0 Å². The van der Waals surface area contributed by atoms with E-state index < -0.39 is 24.4 Å². The molecule has 0 aliphatic rings. The number of esters is 1. The standard InChI is InChI=1S/C16H16ClN3O5S/c1-9-15(26-10(2)18-9)16(23)25-8-14(22)20-19-13(21)7-24-12-5-3-11(17)4-6-12/h3-6H,7-8H2,1-2H3,(H,19,21)(H,20,22). The number of aromatic nitrogens is 1. The van der Waals surface area contributed by atoms with Gasteiger partial charge in [-0.05, 0) is 38.1 Å². The Morgan fingerprint density at radius 3 is 2.27 bits per heavy atom. The number of amides is 2. The Kier molecular flexibility index (Phi) is 6.93. The van der Waals surface area contributed by atoms with Gasteiger partial charge in [-0.2, -0.15) is 0 Å². The van der Waals surface area contributed by atoms with Gasteiger partial charge < -0.3 is 9.47 Å². The van der Waals surface area contributed by atoms with Gasteiger partial charge in [-0.1, -0.05) is 11.6 Å². The van der Waals surface area contributed by atoms with Gasteiger partial charge in [0.25, 0.3) is 11.8 Å². The first-order valence-electron chi connectivity index (χ1n) is 7.42. The van der Waals surface area contributed by atoms with E-state index in [1.54, 1.807) is 38.1 Å². The van der Waals surface area contributed by atoms with Gasteiger partial charge in [-0.25, -0.2) is 9.78 Å². The number of nitrogens with zero attached hydrogens (tertiary/aromatic N) is 1. The summed E-state index contributed by atoms with van der Waals surface area (Å²) in [5.74, 6) is -1.44. The van der Waals surface area contributed by atoms with Gasteiger partial charge in [0, 0.05) is 5.02 Å². The molecule has 2 amide bonds. The average Bonchev–Trinajstić information content (AvgIpc) is 2.95. The molecule has 0 aliphatic heterocycles. The van der Waals surface area contributed by atoms with E-state index in [4.69, 9.17) is 21.1 Å². The van der Waals surface area contributed by atoms with Gasteiger partial charge >= 0.3 is 5.97 Å². The van der Waals surface area contributed by atoms with Crippen LogP contribution in [0.2, 0.25) is 5.02 Å². The van der Waals surface area contributed by atoms with E-state index in [1.165, 1.54) is 11.3 Å². The molecular weight excluding hydrogens is 382 g/mol. The molecule has 2 rings (SSSR count). The number of halogens is 1. The number of hydrogen-bond acceptors (Lipinski definition) is 7. The van der Waals surface area contributed by atoms with Crippen molar-refractivity contribution in [1.82, 2.24) is 15.8 Å². The SMILES string of the molecule is Cc1nc(C)c(C(=O)OCC(=O)NNC(=O)COc2ccc(Cl)cc2)s1. The predicted octanol–water partition coefficient (Wildman–Crippen LogP) is 1.80. The number of thiazole rings is 1. The van der Waals surface area contributed by atoms with Crippen LogP contribution in [0.4, 0.5) is 0 Å². The molecule has 0 unspecified atom stereocenters. The van der Waals surface area contributed by atoms with Gasteiger partial charge in [0.1, 0.15) is 10.6 Å². The molecule has 0 saturated carbocycles. The molecular formula is C16H16ClN3O5S. The van der Waals surface area contributed by atoms with Crippen LogP contribution in [0, 0.1) is 13.8 Å². The lowest BCUT2D eigenvalue weighted by atomic mass is 10.3. The topological polar surface area (TPSA) is 107 Å². The molecule has 0 atom stereocenters. The maximum atomic E-state index is 11.9.